The van der Waals surface area contributed by atoms with Gasteiger partial charge in [0.1, 0.15) is 5.82 Å². The average Bonchev–Trinajstić information content (AvgIpc) is 2.97. The lowest BCUT2D eigenvalue weighted by atomic mass is 10.3. The summed E-state index contributed by atoms with van der Waals surface area (Å²) in [6.07, 6.45) is 2.17. The number of aromatic nitrogens is 4. The number of carbonyl (C=O) groups is 1. The molecule has 108 valence electrons. The summed E-state index contributed by atoms with van der Waals surface area (Å²) in [6, 6.07) is 0. The van der Waals surface area contributed by atoms with Gasteiger partial charge in [-0.2, -0.15) is 13.5 Å². The molecular weight excluding hydrogens is 304 g/mol. The molecule has 0 unspecified atom stereocenters. The van der Waals surface area contributed by atoms with E-state index < -0.39 is 10.0 Å². The van der Waals surface area contributed by atoms with Gasteiger partial charge in [0.15, 0.2) is 0 Å². The summed E-state index contributed by atoms with van der Waals surface area (Å²) in [4.78, 5) is 10.9. The molecule has 20 heavy (non-hydrogen) atoms. The van der Waals surface area contributed by atoms with Crippen molar-refractivity contribution in [2.45, 2.75) is 24.6 Å². The second kappa shape index (κ2) is 5.54. The smallest absolute Gasteiger partial charge is 0.292 e. The van der Waals surface area contributed by atoms with Crippen molar-refractivity contribution in [1.82, 2.24) is 20.4 Å². The molecule has 2 rings (SSSR count). The number of amides is 1. The molecule has 2 aromatic heterocycles. The van der Waals surface area contributed by atoms with Crippen LogP contribution in [0.3, 0.4) is 0 Å². The van der Waals surface area contributed by atoms with Crippen molar-refractivity contribution in [3.05, 3.63) is 11.8 Å². The fourth-order valence-electron chi connectivity index (χ4n) is 1.37. The number of aryl methyl sites for hydroxylation is 1. The molecule has 0 spiro atoms. The van der Waals surface area contributed by atoms with E-state index in [9.17, 15) is 13.2 Å². The molecule has 1 amide bonds. The molecule has 0 saturated heterocycles. The maximum Gasteiger partial charge on any atom is 0.292 e. The second-order valence-electron chi connectivity index (χ2n) is 3.78. The Morgan fingerprint density at radius 3 is 2.85 bits per heavy atom. The van der Waals surface area contributed by atoms with E-state index >= 15 is 0 Å². The summed E-state index contributed by atoms with van der Waals surface area (Å²) in [5.41, 5.74) is 0.736. The Bertz CT molecular complexity index is 720. The van der Waals surface area contributed by atoms with Crippen molar-refractivity contribution in [2.24, 2.45) is 0 Å². The zero-order valence-electron chi connectivity index (χ0n) is 10.7. The van der Waals surface area contributed by atoms with Crippen LogP contribution in [0.4, 0.5) is 10.9 Å². The highest BCUT2D eigenvalue weighted by atomic mass is 32.2. The van der Waals surface area contributed by atoms with E-state index in [0.717, 1.165) is 16.9 Å². The fourth-order valence-corrected chi connectivity index (χ4v) is 3.37. The Morgan fingerprint density at radius 1 is 1.45 bits per heavy atom. The number of rotatable bonds is 5. The largest absolute Gasteiger partial charge is 0.301 e. The molecule has 0 aliphatic heterocycles. The third kappa shape index (κ3) is 3.11. The molecule has 3 N–H and O–H groups in total. The van der Waals surface area contributed by atoms with Crippen LogP contribution in [-0.4, -0.2) is 34.7 Å². The third-order valence-corrected chi connectivity index (χ3v) is 4.81. The van der Waals surface area contributed by atoms with E-state index in [1.54, 1.807) is 6.20 Å². The normalized spacial score (nSPS) is 11.3. The molecule has 0 aliphatic rings. The van der Waals surface area contributed by atoms with Crippen molar-refractivity contribution in [3.63, 3.8) is 0 Å². The Morgan fingerprint density at radius 2 is 2.20 bits per heavy atom. The highest BCUT2D eigenvalue weighted by Gasteiger charge is 2.22. The first-order chi connectivity index (χ1) is 9.42. The first-order valence-corrected chi connectivity index (χ1v) is 7.88. The van der Waals surface area contributed by atoms with Crippen molar-refractivity contribution in [1.29, 1.82) is 0 Å². The van der Waals surface area contributed by atoms with Gasteiger partial charge in [-0.1, -0.05) is 18.3 Å². The number of hydrogen-bond donors (Lipinski definition) is 3. The Balaban J connectivity index is 2.22. The number of nitrogens with one attached hydrogen (secondary N) is 3. The predicted molar refractivity (Wildman–Crippen MR) is 73.0 cm³/mol. The number of nitrogens with zero attached hydrogens (tertiary/aromatic N) is 3. The monoisotopic (exact) mass is 316 g/mol. The quantitative estimate of drug-likeness (QED) is 0.692. The molecule has 9 nitrogen and oxygen atoms in total. The maximum absolute atomic E-state index is 12.1. The summed E-state index contributed by atoms with van der Waals surface area (Å²) in [7, 11) is -3.86. The SMILES string of the molecule is CCc1cn[nH]c1NS(=O)(=O)c1nnc(NC(C)=O)s1. The van der Waals surface area contributed by atoms with Gasteiger partial charge in [-0.25, -0.2) is 0 Å². The van der Waals surface area contributed by atoms with Crippen molar-refractivity contribution in [2.75, 3.05) is 10.0 Å². The number of H-pyrrole nitrogens is 1. The van der Waals surface area contributed by atoms with Crippen LogP contribution in [-0.2, 0) is 21.2 Å². The van der Waals surface area contributed by atoms with Gasteiger partial charge >= 0.3 is 0 Å². The summed E-state index contributed by atoms with van der Waals surface area (Å²) >= 11 is 0.765. The molecule has 0 atom stereocenters. The van der Waals surface area contributed by atoms with Gasteiger partial charge in [0.2, 0.25) is 11.0 Å². The predicted octanol–water partition coefficient (Wildman–Crippen LogP) is 0.583. The summed E-state index contributed by atoms with van der Waals surface area (Å²) in [5, 5.41) is 16.0. The van der Waals surface area contributed by atoms with Gasteiger partial charge in [-0.15, -0.1) is 10.2 Å². The number of aromatic amines is 1. The third-order valence-electron chi connectivity index (χ3n) is 2.25. The summed E-state index contributed by atoms with van der Waals surface area (Å²) in [5.74, 6) is -0.0522. The van der Waals surface area contributed by atoms with Crippen LogP contribution in [0.15, 0.2) is 10.5 Å². The van der Waals surface area contributed by atoms with Crippen LogP contribution in [0, 0.1) is 0 Å². The first-order valence-electron chi connectivity index (χ1n) is 5.58. The number of hydrogen-bond acceptors (Lipinski definition) is 7. The molecule has 0 fully saturated rings. The maximum atomic E-state index is 12.1. The molecule has 2 aromatic rings. The minimum Gasteiger partial charge on any atom is -0.301 e. The standard InChI is InChI=1S/C9H12N6O3S2/c1-3-6-4-10-12-7(6)15-20(17,18)9-14-13-8(19-9)11-5(2)16/h4H,3H2,1-2H3,(H2,10,12,15)(H,11,13,16). The lowest BCUT2D eigenvalue weighted by Crippen LogP contribution is -2.14. The Kier molecular flexibility index (Phi) is 3.99. The van der Waals surface area contributed by atoms with Crippen LogP contribution in [0.1, 0.15) is 19.4 Å². The van der Waals surface area contributed by atoms with E-state index in [2.05, 4.69) is 30.4 Å². The summed E-state index contributed by atoms with van der Waals surface area (Å²) in [6.45, 7) is 3.18. The van der Waals surface area contributed by atoms with E-state index in [1.807, 2.05) is 6.92 Å². The molecule has 0 aromatic carbocycles. The van der Waals surface area contributed by atoms with E-state index in [0.29, 0.717) is 12.2 Å². The van der Waals surface area contributed by atoms with Gasteiger partial charge in [0.05, 0.1) is 6.20 Å². The van der Waals surface area contributed by atoms with Crippen LogP contribution in [0.25, 0.3) is 0 Å². The summed E-state index contributed by atoms with van der Waals surface area (Å²) < 4.78 is 26.3. The fraction of sp³-hybridized carbons (Fsp3) is 0.333. The Labute approximate surface area is 118 Å². The van der Waals surface area contributed by atoms with Crippen molar-refractivity contribution < 1.29 is 13.2 Å². The van der Waals surface area contributed by atoms with Crippen LogP contribution in [0.5, 0.6) is 0 Å². The van der Waals surface area contributed by atoms with Crippen LogP contribution >= 0.6 is 11.3 Å². The average molecular weight is 316 g/mol. The van der Waals surface area contributed by atoms with Crippen LogP contribution < -0.4 is 10.0 Å². The molecule has 0 radical (unpaired) electrons. The number of carbonyl (C=O) groups excluding carboxylic acids is 1. The van der Waals surface area contributed by atoms with Gasteiger partial charge in [0.25, 0.3) is 14.4 Å². The van der Waals surface area contributed by atoms with Gasteiger partial charge < -0.3 is 5.32 Å². The van der Waals surface area contributed by atoms with E-state index in [4.69, 9.17) is 0 Å². The molecule has 0 saturated carbocycles. The molecule has 11 heteroatoms. The van der Waals surface area contributed by atoms with Gasteiger partial charge in [-0.05, 0) is 6.42 Å². The van der Waals surface area contributed by atoms with Gasteiger partial charge in [-0.3, -0.25) is 14.6 Å². The molecule has 0 aliphatic carbocycles. The minimum atomic E-state index is -3.86. The van der Waals surface area contributed by atoms with E-state index in [1.165, 1.54) is 6.92 Å². The zero-order chi connectivity index (χ0) is 14.8. The van der Waals surface area contributed by atoms with Gasteiger partial charge in [0, 0.05) is 12.5 Å². The second-order valence-corrected chi connectivity index (χ2v) is 6.62. The zero-order valence-corrected chi connectivity index (χ0v) is 12.3. The number of anilines is 2. The van der Waals surface area contributed by atoms with Crippen molar-refractivity contribution in [3.8, 4) is 0 Å². The minimum absolute atomic E-state index is 0.123. The first kappa shape index (κ1) is 14.4. The number of sulfonamides is 1. The highest BCUT2D eigenvalue weighted by molar-refractivity contribution is 7.94. The molecule has 0 bridgehead atoms. The highest BCUT2D eigenvalue weighted by Crippen LogP contribution is 2.23. The van der Waals surface area contributed by atoms with E-state index in [-0.39, 0.29) is 15.4 Å². The molecular formula is C9H12N6O3S2. The lowest BCUT2D eigenvalue weighted by Gasteiger charge is -2.03. The van der Waals surface area contributed by atoms with Crippen molar-refractivity contribution >= 4 is 38.2 Å². The lowest BCUT2D eigenvalue weighted by molar-refractivity contribution is -0.114. The van der Waals surface area contributed by atoms with Crippen LogP contribution in [0.2, 0.25) is 0 Å². The molecule has 2 heterocycles. The topological polar surface area (TPSA) is 130 Å². The Hall–Kier alpha value is -2.01.